The fourth-order valence-electron chi connectivity index (χ4n) is 4.77. The molecule has 1 aliphatic rings. The van der Waals surface area contributed by atoms with Gasteiger partial charge in [0.1, 0.15) is 0 Å². The Morgan fingerprint density at radius 2 is 1.70 bits per heavy atom. The van der Waals surface area contributed by atoms with Crippen molar-refractivity contribution < 1.29 is 26.2 Å². The maximum Gasteiger partial charge on any atom is 0 e. The van der Waals surface area contributed by atoms with Gasteiger partial charge in [-0.25, -0.2) is 0 Å². The molecule has 1 saturated carbocycles. The summed E-state index contributed by atoms with van der Waals surface area (Å²) in [6.45, 7) is 2.36. The Morgan fingerprint density at radius 1 is 0.889 bits per heavy atom. The first-order valence-corrected chi connectivity index (χ1v) is 9.94. The van der Waals surface area contributed by atoms with Gasteiger partial charge in [-0.05, 0) is 47.1 Å². The van der Waals surface area contributed by atoms with E-state index in [0.29, 0.717) is 5.41 Å². The molecule has 4 aromatic carbocycles. The van der Waals surface area contributed by atoms with E-state index in [2.05, 4.69) is 79.7 Å². The maximum atomic E-state index is 2.45. The first-order chi connectivity index (χ1) is 12.8. The molecule has 0 spiro atoms. The van der Waals surface area contributed by atoms with E-state index in [0.717, 1.165) is 0 Å². The van der Waals surface area contributed by atoms with E-state index in [9.17, 15) is 0 Å². The summed E-state index contributed by atoms with van der Waals surface area (Å²) in [4.78, 5) is 0. The average Bonchev–Trinajstić information content (AvgIpc) is 3.06. The molecule has 1 fully saturated rings. The molecule has 0 bridgehead atoms. The van der Waals surface area contributed by atoms with E-state index in [-0.39, 0.29) is 26.2 Å². The Bertz CT molecular complexity index is 1080. The minimum absolute atomic E-state index is 0. The second-order valence-electron chi connectivity index (χ2n) is 8.12. The van der Waals surface area contributed by atoms with E-state index in [1.54, 1.807) is 0 Å². The summed E-state index contributed by atoms with van der Waals surface area (Å²) in [6.07, 6.45) is 6.78. The zero-order valence-corrected chi connectivity index (χ0v) is 18.4. The second kappa shape index (κ2) is 7.44. The molecule has 0 nitrogen and oxygen atoms in total. The summed E-state index contributed by atoms with van der Waals surface area (Å²) >= 11 is 0. The minimum Gasteiger partial charge on any atom is -0.164 e. The maximum absolute atomic E-state index is 2.45. The molecule has 0 aromatic heterocycles. The zero-order chi connectivity index (χ0) is 17.6. The van der Waals surface area contributed by atoms with Crippen LogP contribution in [-0.2, 0) is 32.6 Å². The van der Waals surface area contributed by atoms with Gasteiger partial charge >= 0.3 is 0 Å². The Morgan fingerprint density at radius 3 is 2.44 bits per heavy atom. The van der Waals surface area contributed by atoms with Crippen LogP contribution in [0.15, 0.2) is 72.8 Å². The molecule has 0 radical (unpaired) electrons. The third kappa shape index (κ3) is 3.36. The number of rotatable bonds is 4. The monoisotopic (exact) mass is 427 g/mol. The smallest absolute Gasteiger partial charge is 0 e. The van der Waals surface area contributed by atoms with Crippen molar-refractivity contribution in [2.24, 2.45) is 5.41 Å². The van der Waals surface area contributed by atoms with Crippen LogP contribution in [0.1, 0.15) is 38.2 Å². The predicted molar refractivity (Wildman–Crippen MR) is 113 cm³/mol. The largest absolute Gasteiger partial charge is 0.164 e. The summed E-state index contributed by atoms with van der Waals surface area (Å²) < 4.78 is 0. The molecule has 0 aliphatic heterocycles. The van der Waals surface area contributed by atoms with Crippen molar-refractivity contribution in [2.45, 2.75) is 39.0 Å². The third-order valence-corrected chi connectivity index (χ3v) is 6.61. The molecule has 0 atom stereocenters. The molecule has 0 unspecified atom stereocenters. The molecule has 1 aliphatic carbocycles. The van der Waals surface area contributed by atoms with Crippen LogP contribution in [0.4, 0.5) is 0 Å². The number of fused-ring (bicyclic) bond motifs is 2. The van der Waals surface area contributed by atoms with Crippen LogP contribution in [0.5, 0.6) is 0 Å². The zero-order valence-electron chi connectivity index (χ0n) is 16.0. The van der Waals surface area contributed by atoms with Gasteiger partial charge in [0.25, 0.3) is 0 Å². The predicted octanol–water partition coefficient (Wildman–Crippen LogP) is 7.50. The van der Waals surface area contributed by atoms with Crippen LogP contribution in [0.2, 0.25) is 0 Å². The molecule has 0 heterocycles. The first-order valence-electron chi connectivity index (χ1n) is 9.94. The van der Waals surface area contributed by atoms with Crippen molar-refractivity contribution in [3.8, 4) is 11.1 Å². The van der Waals surface area contributed by atoms with Gasteiger partial charge in [0, 0.05) is 26.2 Å². The molecule has 0 N–H and O–H groups in total. The topological polar surface area (TPSA) is 0 Å². The normalized spacial score (nSPS) is 15.4. The van der Waals surface area contributed by atoms with Gasteiger partial charge in [0.2, 0.25) is 0 Å². The molecule has 27 heavy (non-hydrogen) atoms. The van der Waals surface area contributed by atoms with Crippen molar-refractivity contribution in [1.82, 2.24) is 0 Å². The van der Waals surface area contributed by atoms with Crippen molar-refractivity contribution >= 4 is 21.5 Å². The van der Waals surface area contributed by atoms with Crippen LogP contribution in [0.25, 0.3) is 32.7 Å². The Balaban J connectivity index is 0.00000180. The first kappa shape index (κ1) is 18.8. The standard InChI is InChI=1S/C26H25.Zr/c1-2-26(13-6-14-26)18-19-15-22-9-5-10-24(25(22)16-19)23-12-11-20-7-3-4-8-21(20)17-23;/h3-5,7-12,15-17H,2,6,13-14,18H2,1H3;/q-1;. The third-order valence-electron chi connectivity index (χ3n) is 6.61. The average molecular weight is 429 g/mol. The molecular formula is C26H25Zr-. The van der Waals surface area contributed by atoms with Gasteiger partial charge < -0.3 is 0 Å². The minimum atomic E-state index is 0. The van der Waals surface area contributed by atoms with Gasteiger partial charge in [0.05, 0.1) is 0 Å². The van der Waals surface area contributed by atoms with E-state index >= 15 is 0 Å². The van der Waals surface area contributed by atoms with Gasteiger partial charge in [-0.15, -0.1) is 34.5 Å². The molecule has 4 aromatic rings. The van der Waals surface area contributed by atoms with E-state index < -0.39 is 0 Å². The Kier molecular flexibility index (Phi) is 5.17. The second-order valence-corrected chi connectivity index (χ2v) is 8.12. The number of hydrogen-bond acceptors (Lipinski definition) is 0. The number of hydrogen-bond donors (Lipinski definition) is 0. The van der Waals surface area contributed by atoms with Crippen LogP contribution in [0, 0.1) is 5.41 Å². The van der Waals surface area contributed by atoms with E-state index in [1.807, 2.05) is 0 Å². The quantitative estimate of drug-likeness (QED) is 0.295. The van der Waals surface area contributed by atoms with E-state index in [1.165, 1.54) is 70.3 Å². The Hall–Kier alpha value is -1.59. The summed E-state index contributed by atoms with van der Waals surface area (Å²) in [5.74, 6) is 0. The SMILES string of the molecule is CCC1(Cc2cc3c(-c4ccc5ccccc5c4)cccc3[cH-]2)CCC1.[Zr]. The number of benzene rings is 3. The van der Waals surface area contributed by atoms with E-state index in [4.69, 9.17) is 0 Å². The van der Waals surface area contributed by atoms with Crippen molar-refractivity contribution in [1.29, 1.82) is 0 Å². The van der Waals surface area contributed by atoms with Crippen LogP contribution in [0.3, 0.4) is 0 Å². The van der Waals surface area contributed by atoms with Crippen molar-refractivity contribution in [3.63, 3.8) is 0 Å². The fourth-order valence-corrected chi connectivity index (χ4v) is 4.77. The summed E-state index contributed by atoms with van der Waals surface area (Å²) in [7, 11) is 0. The molecule has 1 heteroatoms. The molecule has 5 rings (SSSR count). The fraction of sp³-hybridized carbons (Fsp3) is 0.269. The molecule has 0 saturated heterocycles. The summed E-state index contributed by atoms with van der Waals surface area (Å²) in [6, 6.07) is 27.1. The van der Waals surface area contributed by atoms with Crippen LogP contribution < -0.4 is 0 Å². The van der Waals surface area contributed by atoms with Gasteiger partial charge in [-0.1, -0.05) is 67.8 Å². The Labute approximate surface area is 181 Å². The van der Waals surface area contributed by atoms with Gasteiger partial charge in [-0.2, -0.15) is 6.07 Å². The van der Waals surface area contributed by atoms with Crippen LogP contribution >= 0.6 is 0 Å². The van der Waals surface area contributed by atoms with Gasteiger partial charge in [0.15, 0.2) is 0 Å². The summed E-state index contributed by atoms with van der Waals surface area (Å²) in [5, 5.41) is 5.41. The molecule has 134 valence electrons. The molecular weight excluding hydrogens is 404 g/mol. The molecule has 0 amide bonds. The van der Waals surface area contributed by atoms with Crippen LogP contribution in [-0.4, -0.2) is 0 Å². The van der Waals surface area contributed by atoms with Crippen molar-refractivity contribution in [2.75, 3.05) is 0 Å². The van der Waals surface area contributed by atoms with Crippen molar-refractivity contribution in [3.05, 3.63) is 78.4 Å². The summed E-state index contributed by atoms with van der Waals surface area (Å²) in [5.41, 5.74) is 4.78. The van der Waals surface area contributed by atoms with Gasteiger partial charge in [-0.3, -0.25) is 0 Å².